The highest BCUT2D eigenvalue weighted by Crippen LogP contribution is 2.44. The molecule has 0 amide bonds. The topological polar surface area (TPSA) is 55.1 Å². The maximum atomic E-state index is 12.8. The summed E-state index contributed by atoms with van der Waals surface area (Å²) in [6.45, 7) is 5.91. The van der Waals surface area contributed by atoms with Gasteiger partial charge in [-0.05, 0) is 36.2 Å². The number of alkyl halides is 1. The third-order valence-corrected chi connectivity index (χ3v) is 7.03. The van der Waals surface area contributed by atoms with Gasteiger partial charge in [0.05, 0.1) is 11.6 Å². The Morgan fingerprint density at radius 2 is 1.79 bits per heavy atom. The Balaban J connectivity index is 1.68. The molecule has 0 spiro atoms. The lowest BCUT2D eigenvalue weighted by Crippen LogP contribution is -2.13. The number of rotatable bonds is 7. The van der Waals surface area contributed by atoms with E-state index in [4.69, 9.17) is 0 Å². The third kappa shape index (κ3) is 5.02. The highest BCUT2D eigenvalue weighted by atomic mass is 32.2. The van der Waals surface area contributed by atoms with Gasteiger partial charge in [-0.3, -0.25) is 4.98 Å². The first-order valence-corrected chi connectivity index (χ1v) is 12.1. The number of aromatic hydroxyl groups is 1. The second-order valence-corrected chi connectivity index (χ2v) is 11.4. The summed E-state index contributed by atoms with van der Waals surface area (Å²) in [6, 6.07) is 16.9. The van der Waals surface area contributed by atoms with E-state index in [9.17, 15) is 14.3 Å². The summed E-state index contributed by atoms with van der Waals surface area (Å²) in [7, 11) is 1.98. The summed E-state index contributed by atoms with van der Waals surface area (Å²) in [5.74, 6) is -0.121. The van der Waals surface area contributed by atoms with Crippen LogP contribution in [0, 0.1) is 0 Å². The van der Waals surface area contributed by atoms with Crippen LogP contribution in [-0.2, 0) is 24.9 Å². The number of fused-ring (bicyclic) bond motifs is 1. The molecule has 0 aliphatic carbocycles. The summed E-state index contributed by atoms with van der Waals surface area (Å²) in [5.41, 5.74) is 5.28. The molecule has 1 N–H and O–H groups in total. The van der Waals surface area contributed by atoms with Crippen LogP contribution in [0.2, 0.25) is 0 Å². The van der Waals surface area contributed by atoms with Crippen LogP contribution < -0.4 is 0 Å². The van der Waals surface area contributed by atoms with E-state index >= 15 is 0 Å². The summed E-state index contributed by atoms with van der Waals surface area (Å²) in [4.78, 5) is 17.7. The van der Waals surface area contributed by atoms with E-state index in [1.807, 2.05) is 43.4 Å². The number of aromatic nitrogens is 2. The van der Waals surface area contributed by atoms with Gasteiger partial charge in [0, 0.05) is 50.6 Å². The number of nitrogens with zero attached hydrogens (tertiary/aromatic N) is 2. The molecule has 0 bridgehead atoms. The van der Waals surface area contributed by atoms with E-state index in [2.05, 4.69) is 30.3 Å². The van der Waals surface area contributed by atoms with Crippen molar-refractivity contribution in [3.63, 3.8) is 0 Å². The number of carbonyl (C=O) groups excluding carboxylic acids is 1. The van der Waals surface area contributed by atoms with Crippen molar-refractivity contribution < 1.29 is 14.3 Å². The summed E-state index contributed by atoms with van der Waals surface area (Å²) >= 11 is 1.72. The lowest BCUT2D eigenvalue weighted by molar-refractivity contribution is -0.109. The maximum absolute atomic E-state index is 12.8. The molecular formula is C28H29FN2O2S. The van der Waals surface area contributed by atoms with Gasteiger partial charge in [-0.25, -0.2) is 4.39 Å². The fourth-order valence-corrected chi connectivity index (χ4v) is 5.48. The van der Waals surface area contributed by atoms with Gasteiger partial charge in [0.15, 0.2) is 0 Å². The summed E-state index contributed by atoms with van der Waals surface area (Å²) in [5, 5.41) is 11.1. The van der Waals surface area contributed by atoms with Crippen molar-refractivity contribution in [1.29, 1.82) is 0 Å². The van der Waals surface area contributed by atoms with Crippen molar-refractivity contribution in [2.75, 3.05) is 0 Å². The van der Waals surface area contributed by atoms with Crippen LogP contribution in [-0.4, -0.2) is 25.7 Å². The molecule has 2 aromatic heterocycles. The van der Waals surface area contributed by atoms with Crippen molar-refractivity contribution >= 4 is 29.0 Å². The molecule has 0 radical (unpaired) electrons. The number of aldehydes is 1. The van der Waals surface area contributed by atoms with Crippen LogP contribution in [0.5, 0.6) is 5.75 Å². The number of carbonyl (C=O) groups is 1. The van der Waals surface area contributed by atoms with Gasteiger partial charge in [0.2, 0.25) is 0 Å². The second kappa shape index (κ2) is 9.63. The maximum Gasteiger partial charge on any atom is 0.129 e. The van der Waals surface area contributed by atoms with Gasteiger partial charge in [-0.15, -0.1) is 11.8 Å². The Kier molecular flexibility index (Phi) is 6.80. The second-order valence-electron chi connectivity index (χ2n) is 9.52. The third-order valence-electron chi connectivity index (χ3n) is 5.79. The fourth-order valence-electron chi connectivity index (χ4n) is 4.20. The number of hydrogen-bond donors (Lipinski definition) is 1. The molecule has 4 nitrogen and oxygen atoms in total. The Hall–Kier alpha value is -3.12. The van der Waals surface area contributed by atoms with Gasteiger partial charge in [-0.1, -0.05) is 51.1 Å². The number of phenolic OH excluding ortho intramolecular Hbond substituents is 1. The Morgan fingerprint density at radius 1 is 1.09 bits per heavy atom. The fraction of sp³-hybridized carbons (Fsp3) is 0.286. The molecule has 1 unspecified atom stereocenters. The molecule has 4 rings (SSSR count). The van der Waals surface area contributed by atoms with Crippen molar-refractivity contribution in [2.24, 2.45) is 7.05 Å². The van der Waals surface area contributed by atoms with E-state index in [1.165, 1.54) is 0 Å². The number of aryl methyl sites for hydroxylation is 1. The van der Waals surface area contributed by atoms with Crippen molar-refractivity contribution in [3.8, 4) is 17.0 Å². The van der Waals surface area contributed by atoms with E-state index < -0.39 is 6.67 Å². The molecule has 0 saturated heterocycles. The molecule has 2 aromatic carbocycles. The molecule has 6 heteroatoms. The van der Waals surface area contributed by atoms with Gasteiger partial charge >= 0.3 is 0 Å². The number of thioether (sulfide) groups is 1. The van der Waals surface area contributed by atoms with Crippen LogP contribution in [0.1, 0.15) is 43.5 Å². The first kappa shape index (κ1) is 24.0. The molecule has 0 fully saturated rings. The number of hydrogen-bond acceptors (Lipinski definition) is 4. The lowest BCUT2D eigenvalue weighted by atomic mass is 9.96. The quantitative estimate of drug-likeness (QED) is 0.235. The SMILES string of the molecule is Cn1c(C(C=O)Cc2ccc(-c3ccc(CF)cn3)cc2)c(SC(C)(C)C)c2cc(O)ccc21. The minimum atomic E-state index is -0.525. The average molecular weight is 477 g/mol. The average Bonchev–Trinajstić information content (AvgIpc) is 3.07. The van der Waals surface area contributed by atoms with Gasteiger partial charge in [0.1, 0.15) is 18.7 Å². The lowest BCUT2D eigenvalue weighted by Gasteiger charge is -2.21. The predicted octanol–water partition coefficient (Wildman–Crippen LogP) is 6.83. The van der Waals surface area contributed by atoms with Crippen molar-refractivity contribution in [2.45, 2.75) is 49.4 Å². The van der Waals surface area contributed by atoms with Gasteiger partial charge < -0.3 is 14.5 Å². The molecular weight excluding hydrogens is 447 g/mol. The molecule has 0 saturated carbocycles. The van der Waals surface area contributed by atoms with E-state index in [1.54, 1.807) is 36.2 Å². The molecule has 0 aliphatic heterocycles. The smallest absolute Gasteiger partial charge is 0.129 e. The molecule has 4 aromatic rings. The van der Waals surface area contributed by atoms with Crippen LogP contribution in [0.15, 0.2) is 65.7 Å². The highest BCUT2D eigenvalue weighted by Gasteiger charge is 2.27. The summed E-state index contributed by atoms with van der Waals surface area (Å²) < 4.78 is 14.8. The Bertz CT molecular complexity index is 1310. The number of pyridine rings is 1. The Labute approximate surface area is 203 Å². The number of halogens is 1. The van der Waals surface area contributed by atoms with Crippen LogP contribution >= 0.6 is 11.8 Å². The molecule has 34 heavy (non-hydrogen) atoms. The van der Waals surface area contributed by atoms with Crippen molar-refractivity contribution in [1.82, 2.24) is 9.55 Å². The first-order valence-electron chi connectivity index (χ1n) is 11.3. The van der Waals surface area contributed by atoms with Crippen LogP contribution in [0.3, 0.4) is 0 Å². The van der Waals surface area contributed by atoms with Crippen LogP contribution in [0.4, 0.5) is 4.39 Å². The normalized spacial score (nSPS) is 12.7. The largest absolute Gasteiger partial charge is 0.508 e. The monoisotopic (exact) mass is 476 g/mol. The highest BCUT2D eigenvalue weighted by molar-refractivity contribution is 8.00. The zero-order valence-electron chi connectivity index (χ0n) is 19.9. The number of phenols is 1. The van der Waals surface area contributed by atoms with Crippen LogP contribution in [0.25, 0.3) is 22.2 Å². The summed E-state index contributed by atoms with van der Waals surface area (Å²) in [6.07, 6.45) is 3.13. The minimum Gasteiger partial charge on any atom is -0.508 e. The van der Waals surface area contributed by atoms with E-state index in [0.717, 1.165) is 44.6 Å². The van der Waals surface area contributed by atoms with Gasteiger partial charge in [0.25, 0.3) is 0 Å². The predicted molar refractivity (Wildman–Crippen MR) is 137 cm³/mol. The minimum absolute atomic E-state index is 0.0612. The Morgan fingerprint density at radius 3 is 2.38 bits per heavy atom. The standard InChI is InChI=1S/C28H29FN2O2S/c1-28(2,3)34-27-23-14-22(33)10-12-25(23)31(4)26(27)21(17-32)13-18-5-8-20(9-6-18)24-11-7-19(15-29)16-30-24/h5-12,14,16-17,21,33H,13,15H2,1-4H3. The van der Waals surface area contributed by atoms with E-state index in [0.29, 0.717) is 12.0 Å². The van der Waals surface area contributed by atoms with Gasteiger partial charge in [-0.2, -0.15) is 0 Å². The molecule has 2 heterocycles. The van der Waals surface area contributed by atoms with E-state index in [-0.39, 0.29) is 16.4 Å². The molecule has 0 aliphatic rings. The molecule has 176 valence electrons. The van der Waals surface area contributed by atoms with Crippen molar-refractivity contribution in [3.05, 3.63) is 77.6 Å². The zero-order valence-corrected chi connectivity index (χ0v) is 20.7. The molecule has 1 atom stereocenters. The zero-order chi connectivity index (χ0) is 24.5. The number of benzene rings is 2. The first-order chi connectivity index (χ1) is 16.2.